The molecule has 0 aromatic heterocycles. The second kappa shape index (κ2) is 8.47. The van der Waals surface area contributed by atoms with Gasteiger partial charge in [0.15, 0.2) is 5.96 Å². The lowest BCUT2D eigenvalue weighted by molar-refractivity contribution is -0.384. The first-order chi connectivity index (χ1) is 10.8. The Kier molecular flexibility index (Phi) is 6.96. The lowest BCUT2D eigenvalue weighted by atomic mass is 9.89. The fourth-order valence-electron chi connectivity index (χ4n) is 2.12. The molecule has 1 aromatic carbocycles. The van der Waals surface area contributed by atoms with Gasteiger partial charge in [0.2, 0.25) is 0 Å². The van der Waals surface area contributed by atoms with Crippen LogP contribution in [0.25, 0.3) is 0 Å². The Morgan fingerprint density at radius 2 is 2.09 bits per heavy atom. The monoisotopic (exact) mass is 322 g/mol. The van der Waals surface area contributed by atoms with Crippen molar-refractivity contribution in [3.8, 4) is 0 Å². The number of nitrogens with zero attached hydrogens (tertiary/aromatic N) is 2. The molecule has 2 N–H and O–H groups in total. The maximum Gasteiger partial charge on any atom is 0.269 e. The minimum atomic E-state index is -0.400. The van der Waals surface area contributed by atoms with Gasteiger partial charge in [0.25, 0.3) is 5.69 Å². The van der Waals surface area contributed by atoms with Crippen molar-refractivity contribution in [1.82, 2.24) is 10.6 Å². The number of nitro groups is 1. The average Bonchev–Trinajstić information content (AvgIpc) is 2.49. The molecule has 0 heterocycles. The predicted molar refractivity (Wildman–Crippen MR) is 91.5 cm³/mol. The topological polar surface area (TPSA) is 88.8 Å². The molecule has 0 saturated heterocycles. The van der Waals surface area contributed by atoms with Crippen molar-refractivity contribution in [2.24, 2.45) is 10.4 Å². The fraction of sp³-hybridized carbons (Fsp3) is 0.562. The molecule has 0 saturated carbocycles. The van der Waals surface area contributed by atoms with E-state index in [1.165, 1.54) is 6.07 Å². The largest absolute Gasteiger partial charge is 0.379 e. The van der Waals surface area contributed by atoms with E-state index in [0.29, 0.717) is 19.0 Å². The van der Waals surface area contributed by atoms with E-state index in [0.717, 1.165) is 5.56 Å². The molecule has 0 amide bonds. The molecule has 0 bridgehead atoms. The Morgan fingerprint density at radius 3 is 2.61 bits per heavy atom. The number of ether oxygens (including phenoxy) is 1. The van der Waals surface area contributed by atoms with Crippen molar-refractivity contribution in [3.63, 3.8) is 0 Å². The Hall–Kier alpha value is -2.15. The van der Waals surface area contributed by atoms with Crippen molar-refractivity contribution in [2.75, 3.05) is 20.7 Å². The number of nitro benzene ring substituents is 1. The van der Waals surface area contributed by atoms with E-state index in [1.807, 2.05) is 6.07 Å². The zero-order valence-electron chi connectivity index (χ0n) is 14.4. The molecule has 1 aromatic rings. The minimum absolute atomic E-state index is 0.0145. The summed E-state index contributed by atoms with van der Waals surface area (Å²) in [4.78, 5) is 14.5. The molecule has 7 heteroatoms. The number of non-ortho nitro benzene ring substituents is 1. The highest BCUT2D eigenvalue weighted by molar-refractivity contribution is 5.79. The molecule has 0 aliphatic carbocycles. The van der Waals surface area contributed by atoms with E-state index in [4.69, 9.17) is 4.74 Å². The third kappa shape index (κ3) is 6.23. The smallest absolute Gasteiger partial charge is 0.269 e. The van der Waals surface area contributed by atoms with Crippen molar-refractivity contribution in [3.05, 3.63) is 39.9 Å². The molecule has 0 aliphatic heterocycles. The molecule has 0 fully saturated rings. The summed E-state index contributed by atoms with van der Waals surface area (Å²) in [5.41, 5.74) is 0.918. The predicted octanol–water partition coefficient (Wildman–Crippen LogP) is 2.32. The summed E-state index contributed by atoms with van der Waals surface area (Å²) in [7, 11) is 3.37. The molecule has 1 unspecified atom stereocenters. The zero-order valence-corrected chi connectivity index (χ0v) is 14.4. The minimum Gasteiger partial charge on any atom is -0.379 e. The zero-order chi connectivity index (χ0) is 17.5. The van der Waals surface area contributed by atoms with Crippen molar-refractivity contribution < 1.29 is 9.66 Å². The van der Waals surface area contributed by atoms with Crippen molar-refractivity contribution >= 4 is 11.6 Å². The first-order valence-corrected chi connectivity index (χ1v) is 7.48. The number of guanidine groups is 1. The van der Waals surface area contributed by atoms with E-state index in [-0.39, 0.29) is 17.2 Å². The van der Waals surface area contributed by atoms with Crippen LogP contribution in [0.1, 0.15) is 26.3 Å². The Morgan fingerprint density at radius 1 is 1.39 bits per heavy atom. The normalized spacial score (nSPS) is 13.5. The van der Waals surface area contributed by atoms with Gasteiger partial charge in [-0.3, -0.25) is 15.1 Å². The number of methoxy groups -OCH3 is 1. The molecule has 1 atom stereocenters. The number of hydrogen-bond donors (Lipinski definition) is 2. The van der Waals surface area contributed by atoms with Crippen molar-refractivity contribution in [2.45, 2.75) is 33.4 Å². The van der Waals surface area contributed by atoms with E-state index < -0.39 is 4.92 Å². The number of nitrogens with one attached hydrogen (secondary N) is 2. The lowest BCUT2D eigenvalue weighted by Crippen LogP contribution is -2.45. The van der Waals surface area contributed by atoms with Crippen LogP contribution in [-0.4, -0.2) is 37.7 Å². The van der Waals surface area contributed by atoms with Crippen LogP contribution in [0, 0.1) is 15.5 Å². The summed E-state index contributed by atoms with van der Waals surface area (Å²) in [6.07, 6.45) is 0.0406. The highest BCUT2D eigenvalue weighted by atomic mass is 16.6. The summed E-state index contributed by atoms with van der Waals surface area (Å²) in [6, 6.07) is 6.53. The number of aliphatic imine (C=N–C) groups is 1. The highest BCUT2D eigenvalue weighted by Gasteiger charge is 2.24. The van der Waals surface area contributed by atoms with Gasteiger partial charge in [0.05, 0.1) is 11.0 Å². The van der Waals surface area contributed by atoms with Gasteiger partial charge in [-0.2, -0.15) is 0 Å². The van der Waals surface area contributed by atoms with Gasteiger partial charge >= 0.3 is 0 Å². The summed E-state index contributed by atoms with van der Waals surface area (Å²) in [5.74, 6) is 0.628. The third-order valence-corrected chi connectivity index (χ3v) is 3.51. The second-order valence-electron chi connectivity index (χ2n) is 6.32. The third-order valence-electron chi connectivity index (χ3n) is 3.51. The standard InChI is InChI=1S/C16H26N4O3/c1-16(2,3)14(23-5)11-19-15(17-4)18-10-12-7-6-8-13(9-12)20(21)22/h6-9,14H,10-11H2,1-5H3,(H2,17,18,19). The average molecular weight is 322 g/mol. The second-order valence-corrected chi connectivity index (χ2v) is 6.32. The van der Waals surface area contributed by atoms with Crippen LogP contribution in [0.3, 0.4) is 0 Å². The summed E-state index contributed by atoms with van der Waals surface area (Å²) >= 11 is 0. The maximum absolute atomic E-state index is 10.8. The van der Waals surface area contributed by atoms with Gasteiger partial charge in [-0.1, -0.05) is 32.9 Å². The number of rotatable bonds is 6. The van der Waals surface area contributed by atoms with Crippen LogP contribution in [0.4, 0.5) is 5.69 Å². The SMILES string of the molecule is CN=C(NCc1cccc([N+](=O)[O-])c1)NCC(OC)C(C)(C)C. The van der Waals surface area contributed by atoms with Gasteiger partial charge in [-0.15, -0.1) is 0 Å². The van der Waals surface area contributed by atoms with Gasteiger partial charge in [0.1, 0.15) is 0 Å². The lowest BCUT2D eigenvalue weighted by Gasteiger charge is -2.30. The maximum atomic E-state index is 10.8. The van der Waals surface area contributed by atoms with E-state index in [2.05, 4.69) is 36.4 Å². The van der Waals surface area contributed by atoms with E-state index >= 15 is 0 Å². The van der Waals surface area contributed by atoms with Crippen LogP contribution in [0.15, 0.2) is 29.3 Å². The quantitative estimate of drug-likeness (QED) is 0.363. The van der Waals surface area contributed by atoms with E-state index in [9.17, 15) is 10.1 Å². The van der Waals surface area contributed by atoms with Crippen LogP contribution >= 0.6 is 0 Å². The molecule has 0 spiro atoms. The fourth-order valence-corrected chi connectivity index (χ4v) is 2.12. The first kappa shape index (κ1) is 18.9. The molecule has 128 valence electrons. The number of hydrogen-bond acceptors (Lipinski definition) is 4. The van der Waals surface area contributed by atoms with Gasteiger partial charge in [0, 0.05) is 39.4 Å². The van der Waals surface area contributed by atoms with Crippen molar-refractivity contribution in [1.29, 1.82) is 0 Å². The van der Waals surface area contributed by atoms with Crippen LogP contribution < -0.4 is 10.6 Å². The summed E-state index contributed by atoms with van der Waals surface area (Å²) in [5, 5.41) is 17.1. The summed E-state index contributed by atoms with van der Waals surface area (Å²) < 4.78 is 5.49. The molecule has 23 heavy (non-hydrogen) atoms. The molecule has 0 radical (unpaired) electrons. The Labute approximate surface area is 137 Å². The Balaban J connectivity index is 2.58. The molecule has 1 rings (SSSR count). The molecule has 0 aliphatic rings. The molecule has 7 nitrogen and oxygen atoms in total. The highest BCUT2D eigenvalue weighted by Crippen LogP contribution is 2.20. The van der Waals surface area contributed by atoms with Crippen LogP contribution in [0.5, 0.6) is 0 Å². The van der Waals surface area contributed by atoms with Crippen LogP contribution in [-0.2, 0) is 11.3 Å². The van der Waals surface area contributed by atoms with Crippen LogP contribution in [0.2, 0.25) is 0 Å². The molecular formula is C16H26N4O3. The van der Waals surface area contributed by atoms with Gasteiger partial charge in [-0.25, -0.2) is 0 Å². The number of benzene rings is 1. The van der Waals surface area contributed by atoms with Gasteiger partial charge < -0.3 is 15.4 Å². The first-order valence-electron chi connectivity index (χ1n) is 7.48. The van der Waals surface area contributed by atoms with E-state index in [1.54, 1.807) is 26.3 Å². The summed E-state index contributed by atoms with van der Waals surface area (Å²) in [6.45, 7) is 7.41. The van der Waals surface area contributed by atoms with Gasteiger partial charge in [-0.05, 0) is 11.0 Å². The molecular weight excluding hydrogens is 296 g/mol. The Bertz CT molecular complexity index is 553.